The summed E-state index contributed by atoms with van der Waals surface area (Å²) in [4.78, 5) is 27.3. The number of fused-ring (bicyclic) bond motifs is 1. The van der Waals surface area contributed by atoms with Crippen LogP contribution in [0.4, 0.5) is 4.79 Å². The number of aliphatic hydroxyl groups is 1. The number of hydrogen-bond donors (Lipinski definition) is 2. The van der Waals surface area contributed by atoms with Gasteiger partial charge in [0.25, 0.3) is 0 Å². The van der Waals surface area contributed by atoms with E-state index in [-0.39, 0.29) is 11.9 Å². The molecule has 6 heteroatoms. The van der Waals surface area contributed by atoms with Gasteiger partial charge < -0.3 is 20.0 Å². The summed E-state index contributed by atoms with van der Waals surface area (Å²) in [5.74, 6) is -0.425. The van der Waals surface area contributed by atoms with Crippen LogP contribution in [0.25, 0.3) is 0 Å². The molecule has 2 saturated heterocycles. The smallest absolute Gasteiger partial charge is 0.326 e. The third-order valence-electron chi connectivity index (χ3n) is 5.06. The molecule has 1 aliphatic carbocycles. The normalized spacial score (nSPS) is 37.0. The summed E-state index contributed by atoms with van der Waals surface area (Å²) < 4.78 is 0. The lowest BCUT2D eigenvalue weighted by atomic mass is 9.94. The summed E-state index contributed by atoms with van der Waals surface area (Å²) in [6.45, 7) is 1.51. The van der Waals surface area contributed by atoms with Gasteiger partial charge in [-0.15, -0.1) is 0 Å². The molecule has 1 saturated carbocycles. The van der Waals surface area contributed by atoms with Crippen molar-refractivity contribution in [1.82, 2.24) is 9.80 Å². The number of carbonyl (C=O) groups is 2. The van der Waals surface area contributed by atoms with Gasteiger partial charge in [0.05, 0.1) is 6.10 Å². The third kappa shape index (κ3) is 2.26. The summed E-state index contributed by atoms with van der Waals surface area (Å²) in [5.41, 5.74) is 0. The standard InChI is InChI=1S/C14H22N2O4/c17-10-4-2-6-15(8-10)14(20)16-7-9-3-1-5-11(9)12(16)13(18)19/h9-12,17H,1-8H2,(H,18,19). The van der Waals surface area contributed by atoms with Gasteiger partial charge in [-0.05, 0) is 37.5 Å². The van der Waals surface area contributed by atoms with Crippen molar-refractivity contribution in [3.8, 4) is 0 Å². The van der Waals surface area contributed by atoms with Crippen LogP contribution in [0.1, 0.15) is 32.1 Å². The fourth-order valence-corrected chi connectivity index (χ4v) is 4.13. The molecular weight excluding hydrogens is 260 g/mol. The quantitative estimate of drug-likeness (QED) is 0.743. The number of amides is 2. The lowest BCUT2D eigenvalue weighted by molar-refractivity contribution is -0.142. The van der Waals surface area contributed by atoms with Crippen LogP contribution in [0, 0.1) is 11.8 Å². The first kappa shape index (κ1) is 13.7. The fraction of sp³-hybridized carbons (Fsp3) is 0.857. The number of nitrogens with zero attached hydrogens (tertiary/aromatic N) is 2. The van der Waals surface area contributed by atoms with Crippen molar-refractivity contribution in [2.24, 2.45) is 11.8 Å². The van der Waals surface area contributed by atoms with Crippen LogP contribution in [-0.4, -0.2) is 63.8 Å². The molecule has 0 bridgehead atoms. The van der Waals surface area contributed by atoms with Gasteiger partial charge in [-0.2, -0.15) is 0 Å². The molecule has 20 heavy (non-hydrogen) atoms. The largest absolute Gasteiger partial charge is 0.480 e. The van der Waals surface area contributed by atoms with E-state index in [2.05, 4.69) is 0 Å². The number of aliphatic carboxylic acids is 1. The van der Waals surface area contributed by atoms with E-state index in [1.54, 1.807) is 4.90 Å². The Labute approximate surface area is 118 Å². The molecule has 6 nitrogen and oxygen atoms in total. The van der Waals surface area contributed by atoms with Crippen molar-refractivity contribution >= 4 is 12.0 Å². The number of likely N-dealkylation sites (tertiary alicyclic amines) is 2. The van der Waals surface area contributed by atoms with Crippen LogP contribution >= 0.6 is 0 Å². The summed E-state index contributed by atoms with van der Waals surface area (Å²) in [6, 6.07) is -0.875. The van der Waals surface area contributed by atoms with E-state index in [4.69, 9.17) is 0 Å². The SMILES string of the molecule is O=C(O)C1C2CCCC2CN1C(=O)N1CCCC(O)C1. The molecule has 3 aliphatic rings. The highest BCUT2D eigenvalue weighted by Crippen LogP contribution is 2.42. The zero-order valence-corrected chi connectivity index (χ0v) is 11.6. The Hall–Kier alpha value is -1.30. The second-order valence-electron chi connectivity index (χ2n) is 6.31. The molecule has 2 heterocycles. The lowest BCUT2D eigenvalue weighted by Gasteiger charge is -2.35. The Morgan fingerprint density at radius 1 is 1.05 bits per heavy atom. The first-order valence-corrected chi connectivity index (χ1v) is 7.54. The van der Waals surface area contributed by atoms with Crippen molar-refractivity contribution in [3.63, 3.8) is 0 Å². The van der Waals surface area contributed by atoms with Gasteiger partial charge in [-0.3, -0.25) is 0 Å². The second-order valence-corrected chi connectivity index (χ2v) is 6.31. The predicted octanol–water partition coefficient (Wildman–Crippen LogP) is 0.748. The van der Waals surface area contributed by atoms with E-state index in [1.165, 1.54) is 4.90 Å². The highest BCUT2D eigenvalue weighted by Gasteiger charge is 2.50. The fourth-order valence-electron chi connectivity index (χ4n) is 4.13. The van der Waals surface area contributed by atoms with Crippen LogP contribution in [0.2, 0.25) is 0 Å². The summed E-state index contributed by atoms with van der Waals surface area (Å²) in [7, 11) is 0. The van der Waals surface area contributed by atoms with Gasteiger partial charge in [0.1, 0.15) is 6.04 Å². The molecule has 0 radical (unpaired) electrons. The average molecular weight is 282 g/mol. The van der Waals surface area contributed by atoms with Gasteiger partial charge >= 0.3 is 12.0 Å². The average Bonchev–Trinajstić information content (AvgIpc) is 2.96. The highest BCUT2D eigenvalue weighted by atomic mass is 16.4. The van der Waals surface area contributed by atoms with Crippen molar-refractivity contribution in [2.45, 2.75) is 44.2 Å². The molecule has 3 fully saturated rings. The molecule has 112 valence electrons. The van der Waals surface area contributed by atoms with Crippen molar-refractivity contribution in [1.29, 1.82) is 0 Å². The number of carbonyl (C=O) groups excluding carboxylic acids is 1. The van der Waals surface area contributed by atoms with E-state index in [0.717, 1.165) is 32.1 Å². The van der Waals surface area contributed by atoms with E-state index in [0.29, 0.717) is 25.6 Å². The van der Waals surface area contributed by atoms with Gasteiger partial charge in [-0.1, -0.05) is 6.42 Å². The predicted molar refractivity (Wildman–Crippen MR) is 71.2 cm³/mol. The molecular formula is C14H22N2O4. The Balaban J connectivity index is 1.74. The molecule has 0 aromatic heterocycles. The van der Waals surface area contributed by atoms with Crippen LogP contribution in [0.3, 0.4) is 0 Å². The number of urea groups is 1. The van der Waals surface area contributed by atoms with E-state index in [9.17, 15) is 19.8 Å². The van der Waals surface area contributed by atoms with Crippen LogP contribution < -0.4 is 0 Å². The number of carboxylic acid groups (broad SMARTS) is 1. The monoisotopic (exact) mass is 282 g/mol. The number of hydrogen-bond acceptors (Lipinski definition) is 3. The maximum absolute atomic E-state index is 12.6. The second kappa shape index (κ2) is 5.24. The third-order valence-corrected chi connectivity index (χ3v) is 5.06. The van der Waals surface area contributed by atoms with E-state index >= 15 is 0 Å². The number of aliphatic hydroxyl groups excluding tert-OH is 1. The van der Waals surface area contributed by atoms with Crippen molar-refractivity contribution in [3.05, 3.63) is 0 Å². The molecule has 2 N–H and O–H groups in total. The Bertz CT molecular complexity index is 414. The van der Waals surface area contributed by atoms with Gasteiger partial charge in [-0.25, -0.2) is 9.59 Å². The Morgan fingerprint density at radius 3 is 2.55 bits per heavy atom. The topological polar surface area (TPSA) is 81.1 Å². The van der Waals surface area contributed by atoms with E-state index < -0.39 is 18.1 Å². The van der Waals surface area contributed by atoms with Gasteiger partial charge in [0.2, 0.25) is 0 Å². The summed E-state index contributed by atoms with van der Waals surface area (Å²) in [5, 5.41) is 19.1. The Morgan fingerprint density at radius 2 is 1.85 bits per heavy atom. The maximum Gasteiger partial charge on any atom is 0.326 e. The Kier molecular flexibility index (Phi) is 3.58. The molecule has 2 aliphatic heterocycles. The van der Waals surface area contributed by atoms with E-state index in [1.807, 2.05) is 0 Å². The van der Waals surface area contributed by atoms with Crippen molar-refractivity contribution in [2.75, 3.05) is 19.6 Å². The summed E-state index contributed by atoms with van der Waals surface area (Å²) >= 11 is 0. The molecule has 3 rings (SSSR count). The minimum atomic E-state index is -0.884. The number of carboxylic acids is 1. The molecule has 4 atom stereocenters. The maximum atomic E-state index is 12.6. The van der Waals surface area contributed by atoms with Crippen molar-refractivity contribution < 1.29 is 19.8 Å². The first-order chi connectivity index (χ1) is 9.58. The molecule has 0 spiro atoms. The summed E-state index contributed by atoms with van der Waals surface area (Å²) in [6.07, 6.45) is 4.04. The van der Waals surface area contributed by atoms with Crippen LogP contribution in [-0.2, 0) is 4.79 Å². The van der Waals surface area contributed by atoms with Crippen LogP contribution in [0.15, 0.2) is 0 Å². The zero-order valence-electron chi connectivity index (χ0n) is 11.6. The molecule has 0 aromatic carbocycles. The van der Waals surface area contributed by atoms with Gasteiger partial charge in [0.15, 0.2) is 0 Å². The molecule has 2 amide bonds. The minimum Gasteiger partial charge on any atom is -0.480 e. The molecule has 0 aromatic rings. The van der Waals surface area contributed by atoms with Gasteiger partial charge in [0, 0.05) is 19.6 Å². The molecule has 4 unspecified atom stereocenters. The van der Waals surface area contributed by atoms with Crippen LogP contribution in [0.5, 0.6) is 0 Å². The first-order valence-electron chi connectivity index (χ1n) is 7.54. The zero-order chi connectivity index (χ0) is 14.3. The number of piperidine rings is 1. The highest BCUT2D eigenvalue weighted by molar-refractivity contribution is 5.84. The minimum absolute atomic E-state index is 0.117. The number of rotatable bonds is 1. The number of β-amino-alcohol motifs (C(OH)–C–C–N with tert-alkyl or cyclic N) is 1. The lowest BCUT2D eigenvalue weighted by Crippen LogP contribution is -2.52.